The van der Waals surface area contributed by atoms with E-state index in [-0.39, 0.29) is 17.5 Å². The molecule has 0 aliphatic carbocycles. The van der Waals surface area contributed by atoms with Crippen LogP contribution in [0.3, 0.4) is 0 Å². The van der Waals surface area contributed by atoms with Crippen LogP contribution in [0.2, 0.25) is 0 Å². The average Bonchev–Trinajstić information content (AvgIpc) is 3.27. The first-order valence-electron chi connectivity index (χ1n) is 10.6. The molecule has 3 heterocycles. The largest absolute Gasteiger partial charge is 0.455 e. The second-order valence-corrected chi connectivity index (χ2v) is 8.56. The Kier molecular flexibility index (Phi) is 5.69. The summed E-state index contributed by atoms with van der Waals surface area (Å²) in [5.41, 5.74) is 3.04. The van der Waals surface area contributed by atoms with Crippen LogP contribution in [0.4, 0.5) is 11.4 Å². The van der Waals surface area contributed by atoms with Crippen LogP contribution in [0.1, 0.15) is 24.5 Å². The number of aromatic nitrogens is 3. The van der Waals surface area contributed by atoms with Crippen molar-refractivity contribution in [1.82, 2.24) is 15.2 Å². The molecule has 5 rings (SSSR count). The molecule has 0 N–H and O–H groups in total. The van der Waals surface area contributed by atoms with Crippen molar-refractivity contribution in [2.24, 2.45) is 0 Å². The number of carbonyl (C=O) groups is 1. The minimum absolute atomic E-state index is 0.00196. The van der Waals surface area contributed by atoms with Crippen molar-refractivity contribution in [2.45, 2.75) is 25.2 Å². The second-order valence-electron chi connectivity index (χ2n) is 7.79. The van der Waals surface area contributed by atoms with E-state index >= 15 is 0 Å². The molecule has 0 radical (unpaired) electrons. The number of rotatable bonds is 4. The Morgan fingerprint density at radius 2 is 1.91 bits per heavy atom. The van der Waals surface area contributed by atoms with Gasteiger partial charge in [-0.3, -0.25) is 19.8 Å². The van der Waals surface area contributed by atoms with E-state index < -0.39 is 11.2 Å². The Hall–Kier alpha value is -4.25. The summed E-state index contributed by atoms with van der Waals surface area (Å²) in [6, 6.07) is 15.3. The topological polar surface area (TPSA) is 124 Å². The van der Waals surface area contributed by atoms with Crippen LogP contribution >= 0.6 is 11.8 Å². The first kappa shape index (κ1) is 22.5. The summed E-state index contributed by atoms with van der Waals surface area (Å²) in [5, 5.41) is 20.0. The molecule has 2 aromatic carbocycles. The number of nitro groups is 1. The van der Waals surface area contributed by atoms with Gasteiger partial charge in [0.05, 0.1) is 10.6 Å². The van der Waals surface area contributed by atoms with Crippen molar-refractivity contribution < 1.29 is 18.9 Å². The number of furan rings is 1. The smallest absolute Gasteiger partial charge is 0.269 e. The van der Waals surface area contributed by atoms with E-state index in [1.807, 2.05) is 24.5 Å². The van der Waals surface area contributed by atoms with Gasteiger partial charge in [-0.25, -0.2) is 0 Å². The molecule has 0 fully saturated rings. The lowest BCUT2D eigenvalue weighted by Crippen LogP contribution is -2.35. The van der Waals surface area contributed by atoms with Gasteiger partial charge in [0.1, 0.15) is 5.76 Å². The number of nitrogens with zero attached hydrogens (tertiary/aromatic N) is 5. The normalized spacial score (nSPS) is 14.5. The summed E-state index contributed by atoms with van der Waals surface area (Å²) in [5.74, 6) is 0.815. The second kappa shape index (κ2) is 8.84. The lowest BCUT2D eigenvalue weighted by atomic mass is 10.1. The molecule has 0 saturated heterocycles. The monoisotopic (exact) mass is 489 g/mol. The molecule has 2 aromatic heterocycles. The number of benzene rings is 2. The molecular formula is C24H19N5O5S. The quantitative estimate of drug-likeness (QED) is 0.216. The van der Waals surface area contributed by atoms with Crippen molar-refractivity contribution in [3.63, 3.8) is 0 Å². The summed E-state index contributed by atoms with van der Waals surface area (Å²) in [6.07, 6.45) is 0.868. The fourth-order valence-corrected chi connectivity index (χ4v) is 4.29. The number of thioether (sulfide) groups is 1. The van der Waals surface area contributed by atoms with E-state index in [4.69, 9.17) is 9.15 Å². The average molecular weight is 490 g/mol. The maximum atomic E-state index is 12.9. The predicted molar refractivity (Wildman–Crippen MR) is 129 cm³/mol. The third-order valence-corrected chi connectivity index (χ3v) is 6.13. The van der Waals surface area contributed by atoms with Gasteiger partial charge >= 0.3 is 0 Å². The number of anilines is 1. The molecule has 0 unspecified atom stereocenters. The van der Waals surface area contributed by atoms with Gasteiger partial charge in [-0.05, 0) is 43.0 Å². The van der Waals surface area contributed by atoms with E-state index in [0.29, 0.717) is 44.7 Å². The molecule has 0 spiro atoms. The van der Waals surface area contributed by atoms with E-state index in [9.17, 15) is 14.9 Å². The summed E-state index contributed by atoms with van der Waals surface area (Å²) < 4.78 is 12.4. The van der Waals surface area contributed by atoms with Crippen molar-refractivity contribution in [3.05, 3.63) is 76.0 Å². The van der Waals surface area contributed by atoms with Gasteiger partial charge in [-0.1, -0.05) is 30.0 Å². The van der Waals surface area contributed by atoms with Crippen LogP contribution in [-0.2, 0) is 4.79 Å². The van der Waals surface area contributed by atoms with Gasteiger partial charge in [0.25, 0.3) is 5.69 Å². The van der Waals surface area contributed by atoms with E-state index in [0.717, 1.165) is 0 Å². The highest BCUT2D eigenvalue weighted by Gasteiger charge is 2.36. The fraction of sp³-hybridized carbons (Fsp3) is 0.167. The zero-order valence-corrected chi connectivity index (χ0v) is 19.8. The molecule has 0 saturated carbocycles. The van der Waals surface area contributed by atoms with Crippen molar-refractivity contribution in [1.29, 1.82) is 0 Å². The molecule has 4 aromatic rings. The van der Waals surface area contributed by atoms with Gasteiger partial charge in [-0.15, -0.1) is 10.2 Å². The van der Waals surface area contributed by atoms with Gasteiger partial charge in [0.2, 0.25) is 23.2 Å². The van der Waals surface area contributed by atoms with Crippen LogP contribution < -0.4 is 9.64 Å². The van der Waals surface area contributed by atoms with E-state index in [1.165, 1.54) is 35.7 Å². The maximum Gasteiger partial charge on any atom is 0.269 e. The first-order chi connectivity index (χ1) is 16.9. The zero-order chi connectivity index (χ0) is 24.7. The highest BCUT2D eigenvalue weighted by atomic mass is 32.2. The fourth-order valence-electron chi connectivity index (χ4n) is 3.99. The molecule has 1 amide bonds. The van der Waals surface area contributed by atoms with Crippen molar-refractivity contribution in [2.75, 3.05) is 11.2 Å². The maximum absolute atomic E-state index is 12.9. The highest BCUT2D eigenvalue weighted by molar-refractivity contribution is 7.98. The van der Waals surface area contributed by atoms with Crippen LogP contribution in [0, 0.1) is 17.0 Å². The first-order valence-corrected chi connectivity index (χ1v) is 11.8. The van der Waals surface area contributed by atoms with Gasteiger partial charge in [0, 0.05) is 30.2 Å². The number of hydrogen-bond acceptors (Lipinski definition) is 9. The summed E-state index contributed by atoms with van der Waals surface area (Å²) in [4.78, 5) is 29.5. The molecule has 0 bridgehead atoms. The summed E-state index contributed by atoms with van der Waals surface area (Å²) in [7, 11) is 0. The van der Waals surface area contributed by atoms with Gasteiger partial charge in [-0.2, -0.15) is 4.98 Å². The molecule has 1 aliphatic heterocycles. The zero-order valence-electron chi connectivity index (χ0n) is 19.0. The lowest BCUT2D eigenvalue weighted by molar-refractivity contribution is -0.384. The van der Waals surface area contributed by atoms with Crippen LogP contribution in [0.5, 0.6) is 5.88 Å². The molecular weight excluding hydrogens is 470 g/mol. The molecule has 176 valence electrons. The number of para-hydroxylation sites is 1. The van der Waals surface area contributed by atoms with Crippen LogP contribution in [0.15, 0.2) is 64.2 Å². The standard InChI is InChI=1S/C24H19N5O5S/c1-13-12-15(29(31)32)8-9-16(13)19-10-11-20(33-19)23-28(14(2)30)18-7-5-4-6-17(18)21-22(34-23)25-24(35-3)27-26-21/h4-12,23H,1-3H3/t23-/m1/s1. The van der Waals surface area contributed by atoms with Gasteiger partial charge in [0.15, 0.2) is 11.5 Å². The predicted octanol–water partition coefficient (Wildman–Crippen LogP) is 5.18. The Labute approximate surface area is 204 Å². The number of non-ortho nitro benzene ring substituents is 1. The molecule has 1 aliphatic rings. The van der Waals surface area contributed by atoms with Gasteiger partial charge < -0.3 is 9.15 Å². The Morgan fingerprint density at radius 3 is 2.63 bits per heavy atom. The Morgan fingerprint density at radius 1 is 1.11 bits per heavy atom. The number of carbonyl (C=O) groups excluding carboxylic acids is 1. The van der Waals surface area contributed by atoms with E-state index in [2.05, 4.69) is 15.2 Å². The third-order valence-electron chi connectivity index (χ3n) is 5.59. The number of aryl methyl sites for hydroxylation is 1. The molecule has 35 heavy (non-hydrogen) atoms. The number of fused-ring (bicyclic) bond motifs is 3. The lowest BCUT2D eigenvalue weighted by Gasteiger charge is -2.28. The summed E-state index contributed by atoms with van der Waals surface area (Å²) in [6.45, 7) is 3.22. The number of ether oxygens (including phenoxy) is 1. The minimum atomic E-state index is -0.964. The Balaban J connectivity index is 1.63. The van der Waals surface area contributed by atoms with Crippen molar-refractivity contribution >= 4 is 29.0 Å². The van der Waals surface area contributed by atoms with Crippen LogP contribution in [-0.4, -0.2) is 32.3 Å². The van der Waals surface area contributed by atoms with Crippen LogP contribution in [0.25, 0.3) is 22.6 Å². The van der Waals surface area contributed by atoms with Crippen molar-refractivity contribution in [3.8, 4) is 28.5 Å². The molecule has 11 heteroatoms. The van der Waals surface area contributed by atoms with E-state index in [1.54, 1.807) is 31.2 Å². The SMILES string of the molecule is CSc1nnc2c(n1)O[C@H](c1ccc(-c3ccc([N+](=O)[O-])cc3C)o1)N(C(C)=O)c1ccccc1-2. The number of hydrogen-bond donors (Lipinski definition) is 0. The third kappa shape index (κ3) is 3.99. The Bertz CT molecular complexity index is 1470. The number of amides is 1. The molecule has 10 nitrogen and oxygen atoms in total. The minimum Gasteiger partial charge on any atom is -0.455 e. The number of nitro benzene ring substituents is 1. The highest BCUT2D eigenvalue weighted by Crippen LogP contribution is 2.44. The summed E-state index contributed by atoms with van der Waals surface area (Å²) >= 11 is 1.32. The molecule has 1 atom stereocenters.